The molecule has 0 fully saturated rings. The number of nitrogens with zero attached hydrogens (tertiary/aromatic N) is 1. The van der Waals surface area contributed by atoms with Gasteiger partial charge in [0.15, 0.2) is 23.1 Å². The number of carbonyl (C=O) groups is 2. The number of halogens is 2. The number of likely N-dealkylation sites (N-methyl/N-ethyl adjacent to an activating group) is 1. The zero-order valence-electron chi connectivity index (χ0n) is 14.8. The standard InChI is InChI=1S/C19H16F2N2O4/c1-23-18(24)16(10-4-7-14(26-2)15(8-10)27-3)17(19(23)25)22-11-5-6-12(20)13(21)9-11/h4-9,22H,1-3H3. The van der Waals surface area contributed by atoms with E-state index >= 15 is 0 Å². The first kappa shape index (κ1) is 18.4. The summed E-state index contributed by atoms with van der Waals surface area (Å²) in [6.07, 6.45) is 0. The molecule has 1 aliphatic rings. The first-order chi connectivity index (χ1) is 12.9. The average molecular weight is 374 g/mol. The number of benzene rings is 2. The van der Waals surface area contributed by atoms with Crippen LogP contribution in [0.2, 0.25) is 0 Å². The van der Waals surface area contributed by atoms with Crippen molar-refractivity contribution in [2.75, 3.05) is 26.6 Å². The third-order valence-electron chi connectivity index (χ3n) is 4.15. The average Bonchev–Trinajstić information content (AvgIpc) is 2.88. The van der Waals surface area contributed by atoms with Crippen molar-refractivity contribution in [3.63, 3.8) is 0 Å². The van der Waals surface area contributed by atoms with Gasteiger partial charge in [-0.2, -0.15) is 0 Å². The van der Waals surface area contributed by atoms with Crippen LogP contribution in [0.4, 0.5) is 14.5 Å². The van der Waals surface area contributed by atoms with Gasteiger partial charge < -0.3 is 14.8 Å². The number of hydrogen-bond acceptors (Lipinski definition) is 5. The minimum atomic E-state index is -1.07. The maximum atomic E-state index is 13.5. The Labute approximate surface area is 154 Å². The van der Waals surface area contributed by atoms with Gasteiger partial charge in [0.05, 0.1) is 19.8 Å². The number of imide groups is 1. The fourth-order valence-corrected chi connectivity index (χ4v) is 2.74. The largest absolute Gasteiger partial charge is 0.493 e. The maximum Gasteiger partial charge on any atom is 0.277 e. The van der Waals surface area contributed by atoms with Crippen LogP contribution in [0.25, 0.3) is 5.57 Å². The topological polar surface area (TPSA) is 67.9 Å². The van der Waals surface area contributed by atoms with Gasteiger partial charge in [0.25, 0.3) is 11.8 Å². The van der Waals surface area contributed by atoms with E-state index in [4.69, 9.17) is 9.47 Å². The van der Waals surface area contributed by atoms with Crippen molar-refractivity contribution >= 4 is 23.1 Å². The highest BCUT2D eigenvalue weighted by molar-refractivity contribution is 6.36. The molecule has 0 saturated heterocycles. The van der Waals surface area contributed by atoms with Crippen molar-refractivity contribution in [2.24, 2.45) is 0 Å². The van der Waals surface area contributed by atoms with Gasteiger partial charge in [0, 0.05) is 18.8 Å². The number of methoxy groups -OCH3 is 2. The molecule has 0 aromatic heterocycles. The molecule has 2 aromatic carbocycles. The van der Waals surface area contributed by atoms with Crippen LogP contribution in [0, 0.1) is 11.6 Å². The van der Waals surface area contributed by atoms with Gasteiger partial charge in [0.1, 0.15) is 5.70 Å². The minimum Gasteiger partial charge on any atom is -0.493 e. The van der Waals surface area contributed by atoms with Crippen LogP contribution in [0.5, 0.6) is 11.5 Å². The number of ether oxygens (including phenoxy) is 2. The summed E-state index contributed by atoms with van der Waals surface area (Å²) < 4.78 is 37.0. The van der Waals surface area contributed by atoms with Crippen molar-refractivity contribution in [1.82, 2.24) is 4.90 Å². The highest BCUT2D eigenvalue weighted by Crippen LogP contribution is 2.35. The van der Waals surface area contributed by atoms with E-state index in [1.54, 1.807) is 18.2 Å². The number of hydrogen-bond donors (Lipinski definition) is 1. The van der Waals surface area contributed by atoms with E-state index in [0.717, 1.165) is 17.0 Å². The summed E-state index contributed by atoms with van der Waals surface area (Å²) in [6, 6.07) is 7.88. The zero-order valence-corrected chi connectivity index (χ0v) is 14.8. The van der Waals surface area contributed by atoms with Crippen molar-refractivity contribution < 1.29 is 27.8 Å². The van der Waals surface area contributed by atoms with Gasteiger partial charge in [-0.15, -0.1) is 0 Å². The van der Waals surface area contributed by atoms with Crippen molar-refractivity contribution in [3.8, 4) is 11.5 Å². The molecule has 0 aliphatic carbocycles. The molecule has 0 unspecified atom stereocenters. The van der Waals surface area contributed by atoms with Gasteiger partial charge >= 0.3 is 0 Å². The first-order valence-corrected chi connectivity index (χ1v) is 7.88. The van der Waals surface area contributed by atoms with Gasteiger partial charge in [0.2, 0.25) is 0 Å². The number of carbonyl (C=O) groups excluding carboxylic acids is 2. The molecular weight excluding hydrogens is 358 g/mol. The number of anilines is 1. The van der Waals surface area contributed by atoms with Crippen molar-refractivity contribution in [2.45, 2.75) is 0 Å². The lowest BCUT2D eigenvalue weighted by Gasteiger charge is -2.11. The Kier molecular flexibility index (Phi) is 4.81. The van der Waals surface area contributed by atoms with E-state index in [-0.39, 0.29) is 17.0 Å². The molecule has 8 heteroatoms. The van der Waals surface area contributed by atoms with E-state index in [2.05, 4.69) is 5.32 Å². The lowest BCUT2D eigenvalue weighted by Crippen LogP contribution is -2.27. The summed E-state index contributed by atoms with van der Waals surface area (Å²) in [5.41, 5.74) is 0.604. The van der Waals surface area contributed by atoms with E-state index in [9.17, 15) is 18.4 Å². The first-order valence-electron chi connectivity index (χ1n) is 7.88. The summed E-state index contributed by atoms with van der Waals surface area (Å²) >= 11 is 0. The Morgan fingerprint density at radius 3 is 2.22 bits per heavy atom. The maximum absolute atomic E-state index is 13.5. The molecule has 2 aromatic rings. The van der Waals surface area contributed by atoms with Crippen LogP contribution in [0.1, 0.15) is 5.56 Å². The lowest BCUT2D eigenvalue weighted by molar-refractivity contribution is -0.135. The zero-order chi connectivity index (χ0) is 19.7. The molecule has 0 spiro atoms. The summed E-state index contributed by atoms with van der Waals surface area (Å²) in [4.78, 5) is 26.0. The molecule has 0 radical (unpaired) electrons. The smallest absolute Gasteiger partial charge is 0.277 e. The van der Waals surface area contributed by atoms with E-state index < -0.39 is 23.4 Å². The quantitative estimate of drug-likeness (QED) is 0.816. The van der Waals surface area contributed by atoms with Crippen LogP contribution in [0.3, 0.4) is 0 Å². The van der Waals surface area contributed by atoms with Crippen molar-refractivity contribution in [1.29, 1.82) is 0 Å². The normalized spacial score (nSPS) is 14.0. The van der Waals surface area contributed by atoms with Crippen LogP contribution < -0.4 is 14.8 Å². The minimum absolute atomic E-state index is 0.0410. The van der Waals surface area contributed by atoms with Crippen LogP contribution in [-0.2, 0) is 9.59 Å². The van der Waals surface area contributed by atoms with Gasteiger partial charge in [-0.05, 0) is 29.8 Å². The van der Waals surface area contributed by atoms with Crippen LogP contribution in [0.15, 0.2) is 42.1 Å². The third kappa shape index (κ3) is 3.21. The number of nitrogens with one attached hydrogen (secondary N) is 1. The molecule has 3 rings (SSSR count). The molecule has 6 nitrogen and oxygen atoms in total. The van der Waals surface area contributed by atoms with Crippen LogP contribution in [-0.4, -0.2) is 38.0 Å². The fourth-order valence-electron chi connectivity index (χ4n) is 2.74. The highest BCUT2D eigenvalue weighted by Gasteiger charge is 2.37. The van der Waals surface area contributed by atoms with Crippen molar-refractivity contribution in [3.05, 3.63) is 59.3 Å². The third-order valence-corrected chi connectivity index (χ3v) is 4.15. The molecule has 0 bridgehead atoms. The summed E-state index contributed by atoms with van der Waals surface area (Å²) in [6.45, 7) is 0. The Morgan fingerprint density at radius 1 is 0.889 bits per heavy atom. The molecule has 0 atom stereocenters. The monoisotopic (exact) mass is 374 g/mol. The molecule has 140 valence electrons. The Balaban J connectivity index is 2.11. The molecule has 1 N–H and O–H groups in total. The number of amides is 2. The Bertz CT molecular complexity index is 972. The highest BCUT2D eigenvalue weighted by atomic mass is 19.2. The van der Waals surface area contributed by atoms with Gasteiger partial charge in [-0.1, -0.05) is 6.07 Å². The SMILES string of the molecule is COc1ccc(C2=C(Nc3ccc(F)c(F)c3)C(=O)N(C)C2=O)cc1OC. The molecule has 0 saturated carbocycles. The Hall–Kier alpha value is -3.42. The second-order valence-electron chi connectivity index (χ2n) is 5.74. The Morgan fingerprint density at radius 2 is 1.59 bits per heavy atom. The summed E-state index contributed by atoms with van der Waals surface area (Å²) in [7, 11) is 4.26. The second kappa shape index (κ2) is 7.06. The lowest BCUT2D eigenvalue weighted by atomic mass is 10.0. The second-order valence-corrected chi connectivity index (χ2v) is 5.74. The van der Waals surface area contributed by atoms with E-state index in [1.165, 1.54) is 27.3 Å². The van der Waals surface area contributed by atoms with Gasteiger partial charge in [-0.25, -0.2) is 8.78 Å². The summed E-state index contributed by atoms with van der Waals surface area (Å²) in [5, 5.41) is 2.72. The van der Waals surface area contributed by atoms with E-state index in [0.29, 0.717) is 17.1 Å². The molecule has 2 amide bonds. The number of rotatable bonds is 5. The van der Waals surface area contributed by atoms with Crippen LogP contribution >= 0.6 is 0 Å². The fraction of sp³-hybridized carbons (Fsp3) is 0.158. The molecule has 27 heavy (non-hydrogen) atoms. The molecule has 1 aliphatic heterocycles. The molecule has 1 heterocycles. The molecular formula is C19H16F2N2O4. The predicted molar refractivity (Wildman–Crippen MR) is 94.2 cm³/mol. The van der Waals surface area contributed by atoms with E-state index in [1.807, 2.05) is 0 Å². The summed E-state index contributed by atoms with van der Waals surface area (Å²) in [5.74, 6) is -2.36. The predicted octanol–water partition coefficient (Wildman–Crippen LogP) is 2.80. The van der Waals surface area contributed by atoms with Gasteiger partial charge in [-0.3, -0.25) is 14.5 Å².